The highest BCUT2D eigenvalue weighted by Gasteiger charge is 2.06. The number of hydrogen-bond acceptors (Lipinski definition) is 4. The first-order valence-corrected chi connectivity index (χ1v) is 4.19. The van der Waals surface area contributed by atoms with Gasteiger partial charge in [0.25, 0.3) is 0 Å². The lowest BCUT2D eigenvalue weighted by molar-refractivity contribution is 0.158. The highest BCUT2D eigenvalue weighted by molar-refractivity contribution is 7.95. The molecule has 0 bridgehead atoms. The van der Waals surface area contributed by atoms with Crippen molar-refractivity contribution in [3.05, 3.63) is 0 Å². The Morgan fingerprint density at radius 2 is 1.73 bits per heavy atom. The second-order valence-electron chi connectivity index (χ2n) is 3.30. The minimum Gasteiger partial charge on any atom is -0.369 e. The fourth-order valence-corrected chi connectivity index (χ4v) is 0.204. The molecule has 1 rings (SSSR count). The Kier molecular flexibility index (Phi) is 4.72. The van der Waals surface area contributed by atoms with Crippen LogP contribution in [0.2, 0.25) is 0 Å². The van der Waals surface area contributed by atoms with Gasteiger partial charge in [-0.3, -0.25) is 0 Å². The zero-order chi connectivity index (χ0) is 8.91. The van der Waals surface area contributed by atoms with E-state index in [1.165, 1.54) is 0 Å². The van der Waals surface area contributed by atoms with Gasteiger partial charge in [0, 0.05) is 4.75 Å². The van der Waals surface area contributed by atoms with Crippen LogP contribution in [0.25, 0.3) is 0 Å². The third-order valence-corrected chi connectivity index (χ3v) is 1.37. The first-order chi connectivity index (χ1) is 4.95. The van der Waals surface area contributed by atoms with E-state index >= 15 is 0 Å². The summed E-state index contributed by atoms with van der Waals surface area (Å²) in [5, 5.41) is 6.70. The van der Waals surface area contributed by atoms with Gasteiger partial charge in [-0.2, -0.15) is 0 Å². The third-order valence-electron chi connectivity index (χ3n) is 0.826. The molecule has 0 radical (unpaired) electrons. The van der Waals surface area contributed by atoms with Gasteiger partial charge in [0.1, 0.15) is 0 Å². The lowest BCUT2D eigenvalue weighted by Crippen LogP contribution is -2.25. The van der Waals surface area contributed by atoms with Crippen molar-refractivity contribution in [1.29, 1.82) is 5.41 Å². The first-order valence-electron chi connectivity index (χ1n) is 3.42. The number of hydrogen-bond donors (Lipinski definition) is 2. The molecule has 3 nitrogen and oxygen atoms in total. The van der Waals surface area contributed by atoms with E-state index in [4.69, 9.17) is 9.96 Å². The van der Waals surface area contributed by atoms with E-state index in [-0.39, 0.29) is 4.75 Å². The van der Waals surface area contributed by atoms with E-state index in [1.807, 2.05) is 20.8 Å². The fourth-order valence-electron chi connectivity index (χ4n) is 0.204. The molecule has 0 unspecified atom stereocenters. The molecule has 2 N–H and O–H groups in total. The Hall–Kier alpha value is -0.0600. The maximum absolute atomic E-state index is 8.32. The SMILES string of the molecule is CC(C)(C)SO.N=C1COC1. The van der Waals surface area contributed by atoms with Gasteiger partial charge in [-0.15, -0.1) is 0 Å². The molecule has 66 valence electrons. The van der Waals surface area contributed by atoms with Gasteiger partial charge in [-0.05, 0) is 32.8 Å². The van der Waals surface area contributed by atoms with Gasteiger partial charge in [-0.1, -0.05) is 0 Å². The second kappa shape index (κ2) is 4.74. The minimum absolute atomic E-state index is 0.0139. The van der Waals surface area contributed by atoms with E-state index in [0.717, 1.165) is 12.0 Å². The van der Waals surface area contributed by atoms with Crippen LogP contribution in [0.4, 0.5) is 0 Å². The van der Waals surface area contributed by atoms with Gasteiger partial charge in [0.2, 0.25) is 0 Å². The van der Waals surface area contributed by atoms with Crippen LogP contribution in [0.5, 0.6) is 0 Å². The smallest absolute Gasteiger partial charge is 0.0870 e. The zero-order valence-corrected chi connectivity index (χ0v) is 7.99. The van der Waals surface area contributed by atoms with Crippen LogP contribution in [-0.4, -0.2) is 28.2 Å². The molecule has 1 aliphatic heterocycles. The van der Waals surface area contributed by atoms with E-state index < -0.39 is 0 Å². The summed E-state index contributed by atoms with van der Waals surface area (Å²) in [5.74, 6) is 0. The van der Waals surface area contributed by atoms with Gasteiger partial charge in [0.05, 0.1) is 18.9 Å². The van der Waals surface area contributed by atoms with Crippen molar-refractivity contribution in [2.45, 2.75) is 25.5 Å². The van der Waals surface area contributed by atoms with E-state index in [2.05, 4.69) is 4.74 Å². The average molecular weight is 177 g/mol. The van der Waals surface area contributed by atoms with Crippen LogP contribution in [0.1, 0.15) is 20.8 Å². The summed E-state index contributed by atoms with van der Waals surface area (Å²) in [6.07, 6.45) is 0. The number of ether oxygens (including phenoxy) is 1. The van der Waals surface area contributed by atoms with Crippen molar-refractivity contribution in [3.8, 4) is 0 Å². The van der Waals surface area contributed by atoms with Crippen LogP contribution in [0.15, 0.2) is 0 Å². The summed E-state index contributed by atoms with van der Waals surface area (Å²) >= 11 is 0.882. The number of nitrogens with one attached hydrogen (secondary N) is 1. The predicted octanol–water partition coefficient (Wildman–Crippen LogP) is 2.03. The molecule has 0 saturated carbocycles. The largest absolute Gasteiger partial charge is 0.369 e. The van der Waals surface area contributed by atoms with Gasteiger partial charge in [0.15, 0.2) is 0 Å². The Bertz CT molecular complexity index is 125. The highest BCUT2D eigenvalue weighted by Crippen LogP contribution is 2.17. The second-order valence-corrected chi connectivity index (χ2v) is 4.71. The minimum atomic E-state index is 0.0139. The molecule has 0 aromatic heterocycles. The Morgan fingerprint density at radius 1 is 1.45 bits per heavy atom. The molecule has 1 aliphatic rings. The Labute approximate surface area is 71.9 Å². The molecule has 0 spiro atoms. The monoisotopic (exact) mass is 177 g/mol. The molecule has 11 heavy (non-hydrogen) atoms. The third kappa shape index (κ3) is 7.84. The van der Waals surface area contributed by atoms with E-state index in [0.29, 0.717) is 18.9 Å². The fraction of sp³-hybridized carbons (Fsp3) is 0.857. The summed E-state index contributed by atoms with van der Waals surface area (Å²) in [6, 6.07) is 0. The van der Waals surface area contributed by atoms with Gasteiger partial charge in [-0.25, -0.2) is 0 Å². The molecule has 0 atom stereocenters. The molecular weight excluding hydrogens is 162 g/mol. The van der Waals surface area contributed by atoms with Crippen LogP contribution < -0.4 is 0 Å². The molecule has 0 amide bonds. The summed E-state index contributed by atoms with van der Waals surface area (Å²) in [6.45, 7) is 7.01. The van der Waals surface area contributed by atoms with E-state index in [9.17, 15) is 0 Å². The number of rotatable bonds is 0. The first kappa shape index (κ1) is 10.9. The summed E-state index contributed by atoms with van der Waals surface area (Å²) < 4.78 is 12.9. The maximum atomic E-state index is 8.32. The summed E-state index contributed by atoms with van der Waals surface area (Å²) in [7, 11) is 0. The normalized spacial score (nSPS) is 16.5. The van der Waals surface area contributed by atoms with E-state index in [1.54, 1.807) is 0 Å². The topological polar surface area (TPSA) is 53.3 Å². The quantitative estimate of drug-likeness (QED) is 0.557. The van der Waals surface area contributed by atoms with Crippen molar-refractivity contribution in [2.24, 2.45) is 0 Å². The highest BCUT2D eigenvalue weighted by atomic mass is 32.2. The summed E-state index contributed by atoms with van der Waals surface area (Å²) in [4.78, 5) is 0. The van der Waals surface area contributed by atoms with Crippen LogP contribution in [0, 0.1) is 5.41 Å². The van der Waals surface area contributed by atoms with Crippen LogP contribution in [-0.2, 0) is 4.74 Å². The molecule has 0 aromatic carbocycles. The van der Waals surface area contributed by atoms with Crippen LogP contribution in [0.3, 0.4) is 0 Å². The standard InChI is InChI=1S/C4H10OS.C3H5NO/c1-4(2,3)6-5;4-3-1-5-2-3/h5H,1-3H3;4H,1-2H2. The van der Waals surface area contributed by atoms with Gasteiger partial charge < -0.3 is 14.7 Å². The Balaban J connectivity index is 0.000000183. The van der Waals surface area contributed by atoms with Crippen LogP contribution >= 0.6 is 12.0 Å². The van der Waals surface area contributed by atoms with Crippen molar-refractivity contribution in [1.82, 2.24) is 0 Å². The summed E-state index contributed by atoms with van der Waals surface area (Å²) in [5.41, 5.74) is 0.713. The molecular formula is C7H15NO2S. The Morgan fingerprint density at radius 3 is 1.73 bits per heavy atom. The lowest BCUT2D eigenvalue weighted by Gasteiger charge is -2.11. The van der Waals surface area contributed by atoms with Gasteiger partial charge >= 0.3 is 0 Å². The van der Waals surface area contributed by atoms with Crippen molar-refractivity contribution >= 4 is 17.8 Å². The molecule has 4 heteroatoms. The maximum Gasteiger partial charge on any atom is 0.0870 e. The molecule has 0 aromatic rings. The molecule has 1 saturated heterocycles. The average Bonchev–Trinajstić information content (AvgIpc) is 1.84. The molecule has 1 heterocycles. The molecule has 1 fully saturated rings. The van der Waals surface area contributed by atoms with Crippen molar-refractivity contribution < 1.29 is 9.29 Å². The van der Waals surface area contributed by atoms with Crippen molar-refractivity contribution in [3.63, 3.8) is 0 Å². The molecule has 0 aliphatic carbocycles. The predicted molar refractivity (Wildman–Crippen MR) is 48.5 cm³/mol. The van der Waals surface area contributed by atoms with Crippen molar-refractivity contribution in [2.75, 3.05) is 13.2 Å². The zero-order valence-electron chi connectivity index (χ0n) is 7.18. The lowest BCUT2D eigenvalue weighted by atomic mass is 10.3.